The molecule has 0 aliphatic heterocycles. The van der Waals surface area contributed by atoms with Gasteiger partial charge in [0.2, 0.25) is 29.7 Å². The molecule has 7 nitrogen and oxygen atoms in total. The number of halogens is 2. The zero-order chi connectivity index (χ0) is 24.6. The zero-order valence-electron chi connectivity index (χ0n) is 17.4. The molecule has 0 fully saturated rings. The van der Waals surface area contributed by atoms with Crippen molar-refractivity contribution in [3.63, 3.8) is 0 Å². The molecule has 0 saturated carbocycles. The lowest BCUT2D eigenvalue weighted by atomic mass is 10.1. The first kappa shape index (κ1) is 25.7. The van der Waals surface area contributed by atoms with E-state index in [9.17, 15) is 25.3 Å². The molecular weight excluding hydrogens is 529 g/mol. The summed E-state index contributed by atoms with van der Waals surface area (Å²) in [5.41, 5.74) is 0.530. The van der Waals surface area contributed by atoms with Crippen molar-refractivity contribution in [3.05, 3.63) is 82.3 Å². The Kier molecular flexibility index (Phi) is 7.28. The topological polar surface area (TPSA) is 114 Å². The second kappa shape index (κ2) is 9.36. The summed E-state index contributed by atoms with van der Waals surface area (Å²) < 4.78 is 78.6. The maximum absolute atomic E-state index is 13.4. The lowest BCUT2D eigenvalue weighted by molar-refractivity contribution is 0.572. The fourth-order valence-corrected chi connectivity index (χ4v) is 7.78. The smallest absolute Gasteiger partial charge is 0.209 e. The highest BCUT2D eigenvalue weighted by atomic mass is 35.5. The van der Waals surface area contributed by atoms with Gasteiger partial charge < -0.3 is 0 Å². The van der Waals surface area contributed by atoms with Crippen LogP contribution in [0.5, 0.6) is 0 Å². The third-order valence-corrected chi connectivity index (χ3v) is 9.67. The van der Waals surface area contributed by atoms with E-state index < -0.39 is 45.5 Å². The molecule has 0 heterocycles. The van der Waals surface area contributed by atoms with Crippen LogP contribution >= 0.6 is 23.2 Å². The summed E-state index contributed by atoms with van der Waals surface area (Å²) in [4.78, 5) is -1.26. The lowest BCUT2D eigenvalue weighted by Crippen LogP contribution is -2.25. The minimum absolute atomic E-state index is 0.0468. The first-order valence-corrected chi connectivity index (χ1v) is 15.0. The largest absolute Gasteiger partial charge is 0.218 e. The normalized spacial score (nSPS) is 13.6. The van der Waals surface area contributed by atoms with Crippen molar-refractivity contribution >= 4 is 52.9 Å². The fourth-order valence-electron chi connectivity index (χ4n) is 3.13. The highest BCUT2D eigenvalue weighted by molar-refractivity contribution is 7.94. The average Bonchev–Trinajstić information content (AvgIpc) is 2.72. The van der Waals surface area contributed by atoms with Crippen molar-refractivity contribution < 1.29 is 25.3 Å². The van der Waals surface area contributed by atoms with Crippen LogP contribution < -0.4 is 4.72 Å². The Morgan fingerprint density at radius 3 is 1.85 bits per heavy atom. The zero-order valence-corrected chi connectivity index (χ0v) is 21.3. The minimum Gasteiger partial charge on any atom is -0.218 e. The summed E-state index contributed by atoms with van der Waals surface area (Å²) >= 11 is 11.9. The van der Waals surface area contributed by atoms with Gasteiger partial charge in [-0.15, -0.1) is 0 Å². The van der Waals surface area contributed by atoms with Crippen molar-refractivity contribution in [3.8, 4) is 0 Å². The molecule has 33 heavy (non-hydrogen) atoms. The van der Waals surface area contributed by atoms with Gasteiger partial charge in [0.1, 0.15) is 0 Å². The van der Waals surface area contributed by atoms with Crippen molar-refractivity contribution in [2.24, 2.45) is 0 Å². The van der Waals surface area contributed by atoms with Gasteiger partial charge in [-0.05, 0) is 61.0 Å². The molecule has 0 radical (unpaired) electrons. The third kappa shape index (κ3) is 5.76. The van der Waals surface area contributed by atoms with E-state index in [4.69, 9.17) is 23.2 Å². The van der Waals surface area contributed by atoms with Gasteiger partial charge in [0, 0.05) is 16.1 Å². The van der Waals surface area contributed by atoms with E-state index in [1.807, 2.05) is 0 Å². The van der Waals surface area contributed by atoms with E-state index >= 15 is 0 Å². The molecule has 0 aromatic heterocycles. The Morgan fingerprint density at radius 2 is 1.27 bits per heavy atom. The monoisotopic (exact) mass is 547 g/mol. The highest BCUT2D eigenvalue weighted by Crippen LogP contribution is 2.34. The first-order chi connectivity index (χ1) is 15.2. The molecular formula is C21H19Cl2NO6S3. The average molecular weight is 548 g/mol. The summed E-state index contributed by atoms with van der Waals surface area (Å²) in [5, 5.41) is 0.223. The van der Waals surface area contributed by atoms with Crippen molar-refractivity contribution in [1.82, 2.24) is 4.72 Å². The molecule has 0 amide bonds. The molecule has 0 saturated heterocycles. The summed E-state index contributed by atoms with van der Waals surface area (Å²) in [6.07, 6.45) is 1.02. The molecule has 0 aliphatic rings. The van der Waals surface area contributed by atoms with Crippen LogP contribution in [0, 0.1) is 0 Å². The van der Waals surface area contributed by atoms with Crippen LogP contribution in [-0.2, 0) is 29.7 Å². The Bertz CT molecular complexity index is 1520. The van der Waals surface area contributed by atoms with Gasteiger partial charge in [-0.2, -0.15) is 0 Å². The number of benzene rings is 3. The predicted octanol–water partition coefficient (Wildman–Crippen LogP) is 4.27. The van der Waals surface area contributed by atoms with Crippen LogP contribution in [0.3, 0.4) is 0 Å². The Labute approximate surface area is 203 Å². The quantitative estimate of drug-likeness (QED) is 0.472. The van der Waals surface area contributed by atoms with Gasteiger partial charge in [-0.25, -0.2) is 30.0 Å². The number of sulfonamides is 1. The predicted molar refractivity (Wildman–Crippen MR) is 127 cm³/mol. The van der Waals surface area contributed by atoms with Gasteiger partial charge in [0.15, 0.2) is 0 Å². The SMILES string of the molecule is C[C@H](NS(C)(=O)=O)c1ccc(S(=O)(=O)c2ccc(Cl)cc2S(=O)(=O)c2cccc(Cl)c2)cc1. The number of nitrogens with one attached hydrogen (secondary N) is 1. The van der Waals surface area contributed by atoms with Crippen LogP contribution in [0.2, 0.25) is 10.0 Å². The second-order valence-electron chi connectivity index (χ2n) is 7.24. The van der Waals surface area contributed by atoms with Crippen LogP contribution in [0.15, 0.2) is 86.3 Å². The van der Waals surface area contributed by atoms with E-state index in [0.29, 0.717) is 5.56 Å². The fraction of sp³-hybridized carbons (Fsp3) is 0.143. The van der Waals surface area contributed by atoms with Gasteiger partial charge in [-0.1, -0.05) is 41.4 Å². The molecule has 0 bridgehead atoms. The maximum atomic E-state index is 13.4. The van der Waals surface area contributed by atoms with Crippen LogP contribution in [0.25, 0.3) is 0 Å². The molecule has 176 valence electrons. The first-order valence-electron chi connectivity index (χ1n) is 9.34. The van der Waals surface area contributed by atoms with E-state index in [-0.39, 0.29) is 19.8 Å². The molecule has 0 aliphatic carbocycles. The molecule has 12 heteroatoms. The molecule has 0 spiro atoms. The van der Waals surface area contributed by atoms with Crippen molar-refractivity contribution in [1.29, 1.82) is 0 Å². The molecule has 3 aromatic carbocycles. The molecule has 1 atom stereocenters. The Balaban J connectivity index is 2.10. The van der Waals surface area contributed by atoms with E-state index in [0.717, 1.165) is 18.4 Å². The third-order valence-electron chi connectivity index (χ3n) is 4.67. The van der Waals surface area contributed by atoms with Gasteiger partial charge >= 0.3 is 0 Å². The van der Waals surface area contributed by atoms with Crippen molar-refractivity contribution in [2.75, 3.05) is 6.26 Å². The van der Waals surface area contributed by atoms with E-state index in [1.54, 1.807) is 6.92 Å². The molecule has 3 aromatic rings. The standard InChI is InChI=1S/C21H19Cl2NO6S3/c1-14(24-31(2,25)26)15-6-9-18(10-7-15)32(27,28)20-11-8-17(23)13-21(20)33(29,30)19-5-3-4-16(22)12-19/h3-14,24H,1-2H3/t14-/m0/s1. The Hall–Kier alpha value is -1.95. The molecule has 1 N–H and O–H groups in total. The summed E-state index contributed by atoms with van der Waals surface area (Å²) in [6, 6.07) is 13.9. The molecule has 0 unspecified atom stereocenters. The van der Waals surface area contributed by atoms with E-state index in [1.165, 1.54) is 54.6 Å². The number of hydrogen-bond donors (Lipinski definition) is 1. The number of hydrogen-bond acceptors (Lipinski definition) is 6. The van der Waals surface area contributed by atoms with Crippen molar-refractivity contribution in [2.45, 2.75) is 32.5 Å². The summed E-state index contributed by atoms with van der Waals surface area (Å²) in [6.45, 7) is 1.61. The van der Waals surface area contributed by atoms with E-state index in [2.05, 4.69) is 4.72 Å². The minimum atomic E-state index is -4.27. The second-order valence-corrected chi connectivity index (χ2v) is 13.7. The van der Waals surface area contributed by atoms with Gasteiger partial charge in [0.05, 0.1) is 25.8 Å². The van der Waals surface area contributed by atoms with Gasteiger partial charge in [-0.3, -0.25) is 0 Å². The number of rotatable bonds is 7. The van der Waals surface area contributed by atoms with Crippen LogP contribution in [0.1, 0.15) is 18.5 Å². The Morgan fingerprint density at radius 1 is 0.697 bits per heavy atom. The van der Waals surface area contributed by atoms with Gasteiger partial charge in [0.25, 0.3) is 0 Å². The molecule has 3 rings (SSSR count). The highest BCUT2D eigenvalue weighted by Gasteiger charge is 2.30. The number of sulfone groups is 2. The summed E-state index contributed by atoms with van der Waals surface area (Å²) in [7, 11) is -12.0. The van der Waals surface area contributed by atoms with Crippen LogP contribution in [0.4, 0.5) is 0 Å². The lowest BCUT2D eigenvalue weighted by Gasteiger charge is -2.15. The maximum Gasteiger partial charge on any atom is 0.209 e. The van der Waals surface area contributed by atoms with Crippen LogP contribution in [-0.4, -0.2) is 31.5 Å². The summed E-state index contributed by atoms with van der Waals surface area (Å²) in [5.74, 6) is 0.